The van der Waals surface area contributed by atoms with E-state index in [4.69, 9.17) is 4.74 Å². The Balaban J connectivity index is 1.76. The molecule has 1 aliphatic heterocycles. The second-order valence-corrected chi connectivity index (χ2v) is 9.78. The molecule has 0 spiro atoms. The number of hydrogen-bond donors (Lipinski definition) is 0. The van der Waals surface area contributed by atoms with Gasteiger partial charge in [0, 0.05) is 49.3 Å². The van der Waals surface area contributed by atoms with Crippen molar-refractivity contribution in [2.24, 2.45) is 0 Å². The third-order valence-corrected chi connectivity index (χ3v) is 5.97. The number of pyridine rings is 2. The lowest BCUT2D eigenvalue weighted by Crippen LogP contribution is -2.59. The van der Waals surface area contributed by atoms with Crippen LogP contribution in [0.25, 0.3) is 16.7 Å². The maximum absolute atomic E-state index is 14.2. The van der Waals surface area contributed by atoms with Crippen molar-refractivity contribution >= 4 is 22.8 Å². The minimum Gasteiger partial charge on any atom is -0.444 e. The van der Waals surface area contributed by atoms with Crippen LogP contribution < -0.4 is 4.90 Å². The summed E-state index contributed by atoms with van der Waals surface area (Å²) in [5, 5.41) is 9.58. The van der Waals surface area contributed by atoms with E-state index in [1.807, 2.05) is 39.5 Å². The Labute approximate surface area is 202 Å². The first-order chi connectivity index (χ1) is 16.5. The molecule has 0 bridgehead atoms. The predicted octanol–water partition coefficient (Wildman–Crippen LogP) is 5.06. The summed E-state index contributed by atoms with van der Waals surface area (Å²) in [6.07, 6.45) is 1.27. The van der Waals surface area contributed by atoms with Crippen LogP contribution in [-0.2, 0) is 4.74 Å². The van der Waals surface area contributed by atoms with Crippen LogP contribution in [0.2, 0.25) is 0 Å². The molecule has 0 radical (unpaired) electrons. The molecule has 35 heavy (non-hydrogen) atoms. The van der Waals surface area contributed by atoms with Crippen LogP contribution >= 0.6 is 0 Å². The molecular formula is C25H28F2N6O2. The predicted molar refractivity (Wildman–Crippen MR) is 128 cm³/mol. The van der Waals surface area contributed by atoms with Gasteiger partial charge in [-0.25, -0.2) is 23.5 Å². The zero-order chi connectivity index (χ0) is 25.5. The van der Waals surface area contributed by atoms with Gasteiger partial charge < -0.3 is 19.1 Å². The summed E-state index contributed by atoms with van der Waals surface area (Å²) in [5.74, 6) is 0.797. The minimum absolute atomic E-state index is 0.165. The fraction of sp³-hybridized carbons (Fsp3) is 0.440. The lowest BCUT2D eigenvalue weighted by atomic mass is 10.1. The van der Waals surface area contributed by atoms with E-state index in [1.165, 1.54) is 12.4 Å². The highest BCUT2D eigenvalue weighted by atomic mass is 19.3. The molecule has 0 aliphatic carbocycles. The van der Waals surface area contributed by atoms with Crippen molar-refractivity contribution in [1.82, 2.24) is 19.4 Å². The highest BCUT2D eigenvalue weighted by Gasteiger charge is 2.36. The first-order valence-corrected chi connectivity index (χ1v) is 11.4. The lowest BCUT2D eigenvalue weighted by Gasteiger charge is -2.44. The van der Waals surface area contributed by atoms with Crippen molar-refractivity contribution < 1.29 is 18.3 Å². The van der Waals surface area contributed by atoms with Crippen molar-refractivity contribution in [1.29, 1.82) is 5.26 Å². The first-order valence-electron chi connectivity index (χ1n) is 11.4. The summed E-state index contributed by atoms with van der Waals surface area (Å²) < 4.78 is 35.5. The quantitative estimate of drug-likeness (QED) is 0.518. The SMILES string of the molecule is CC1CN(c2nccc3c2c(C(F)F)cn3-c2cc(C#N)ccn2)C(C)CN1C(=O)OC(C)(C)C. The maximum Gasteiger partial charge on any atom is 0.410 e. The monoisotopic (exact) mass is 482 g/mol. The standard InChI is InChI=1S/C25H28F2N6O2/c1-15-13-32(24(34)35-25(3,4)5)16(2)12-31(15)23-21-18(22(26)27)14-33(19(21)7-9-30-23)20-10-17(11-28)6-8-29-20/h6-10,14-16,22H,12-13H2,1-5H3. The second kappa shape index (κ2) is 9.13. The smallest absolute Gasteiger partial charge is 0.410 e. The van der Waals surface area contributed by atoms with E-state index in [0.29, 0.717) is 41.2 Å². The molecule has 0 saturated carbocycles. The minimum atomic E-state index is -2.74. The summed E-state index contributed by atoms with van der Waals surface area (Å²) >= 11 is 0. The first kappa shape index (κ1) is 24.4. The average Bonchev–Trinajstić information content (AvgIpc) is 3.19. The number of ether oxygens (including phenoxy) is 1. The average molecular weight is 483 g/mol. The third-order valence-electron chi connectivity index (χ3n) is 5.97. The molecule has 1 saturated heterocycles. The molecule has 4 rings (SSSR count). The number of nitrogens with zero attached hydrogens (tertiary/aromatic N) is 6. The molecule has 8 nitrogen and oxygen atoms in total. The number of fused-ring (bicyclic) bond motifs is 1. The van der Waals surface area contributed by atoms with Gasteiger partial charge in [0.1, 0.15) is 17.2 Å². The van der Waals surface area contributed by atoms with Crippen LogP contribution in [0.3, 0.4) is 0 Å². The van der Waals surface area contributed by atoms with Crippen molar-refractivity contribution in [3.05, 3.63) is 47.9 Å². The summed E-state index contributed by atoms with van der Waals surface area (Å²) in [7, 11) is 0. The van der Waals surface area contributed by atoms with E-state index in [-0.39, 0.29) is 17.6 Å². The number of alkyl halides is 2. The fourth-order valence-electron chi connectivity index (χ4n) is 4.38. The maximum atomic E-state index is 14.2. The zero-order valence-corrected chi connectivity index (χ0v) is 20.4. The number of hydrogen-bond acceptors (Lipinski definition) is 6. The molecular weight excluding hydrogens is 454 g/mol. The number of amides is 1. The molecule has 10 heteroatoms. The van der Waals surface area contributed by atoms with Crippen LogP contribution in [0.15, 0.2) is 36.8 Å². The summed E-state index contributed by atoms with van der Waals surface area (Å²) in [6, 6.07) is 6.42. The zero-order valence-electron chi connectivity index (χ0n) is 20.4. The molecule has 184 valence electrons. The Morgan fingerprint density at radius 1 is 1.17 bits per heavy atom. The van der Waals surface area contributed by atoms with Gasteiger partial charge in [0.25, 0.3) is 6.43 Å². The van der Waals surface area contributed by atoms with E-state index in [2.05, 4.69) is 16.0 Å². The van der Waals surface area contributed by atoms with Crippen LogP contribution in [0.4, 0.5) is 19.4 Å². The highest BCUT2D eigenvalue weighted by molar-refractivity contribution is 5.95. The molecule has 0 N–H and O–H groups in total. The normalized spacial score (nSPS) is 18.7. The van der Waals surface area contributed by atoms with Crippen LogP contribution in [0.5, 0.6) is 0 Å². The number of halogens is 2. The van der Waals surface area contributed by atoms with E-state index in [1.54, 1.807) is 33.9 Å². The molecule has 3 aromatic heterocycles. The van der Waals surface area contributed by atoms with Gasteiger partial charge in [0.2, 0.25) is 0 Å². The largest absolute Gasteiger partial charge is 0.444 e. The summed E-state index contributed by atoms with van der Waals surface area (Å²) in [6.45, 7) is 10.1. The Morgan fingerprint density at radius 2 is 1.89 bits per heavy atom. The van der Waals surface area contributed by atoms with E-state index in [9.17, 15) is 18.8 Å². The van der Waals surface area contributed by atoms with Gasteiger partial charge in [-0.1, -0.05) is 0 Å². The number of piperazine rings is 1. The highest BCUT2D eigenvalue weighted by Crippen LogP contribution is 2.38. The Morgan fingerprint density at radius 3 is 2.54 bits per heavy atom. The Kier molecular flexibility index (Phi) is 6.36. The van der Waals surface area contributed by atoms with Gasteiger partial charge in [0.05, 0.1) is 22.5 Å². The van der Waals surface area contributed by atoms with Crippen molar-refractivity contribution in [3.63, 3.8) is 0 Å². The Hall–Kier alpha value is -3.74. The van der Waals surface area contributed by atoms with E-state index in [0.717, 1.165) is 0 Å². The van der Waals surface area contributed by atoms with E-state index < -0.39 is 18.1 Å². The van der Waals surface area contributed by atoms with Gasteiger partial charge in [-0.05, 0) is 52.8 Å². The van der Waals surface area contributed by atoms with Gasteiger partial charge in [0.15, 0.2) is 0 Å². The van der Waals surface area contributed by atoms with Gasteiger partial charge in [-0.2, -0.15) is 5.26 Å². The lowest BCUT2D eigenvalue weighted by molar-refractivity contribution is 0.0130. The number of nitriles is 1. The molecule has 2 atom stereocenters. The van der Waals surface area contributed by atoms with Gasteiger partial charge >= 0.3 is 6.09 Å². The van der Waals surface area contributed by atoms with E-state index >= 15 is 0 Å². The fourth-order valence-corrected chi connectivity index (χ4v) is 4.38. The topological polar surface area (TPSA) is 87.3 Å². The van der Waals surface area contributed by atoms with Crippen LogP contribution in [0, 0.1) is 11.3 Å². The van der Waals surface area contributed by atoms with Crippen molar-refractivity contribution in [2.75, 3.05) is 18.0 Å². The van der Waals surface area contributed by atoms with Crippen molar-refractivity contribution in [3.8, 4) is 11.9 Å². The number of carbonyl (C=O) groups excluding carboxylic acids is 1. The summed E-state index contributed by atoms with van der Waals surface area (Å²) in [4.78, 5) is 25.1. The molecule has 1 amide bonds. The number of anilines is 1. The number of aromatic nitrogens is 3. The second-order valence-electron chi connectivity index (χ2n) is 9.78. The summed E-state index contributed by atoms with van der Waals surface area (Å²) in [5.41, 5.74) is 0.116. The van der Waals surface area contributed by atoms with Crippen LogP contribution in [-0.4, -0.2) is 56.3 Å². The molecule has 2 unspecified atom stereocenters. The van der Waals surface area contributed by atoms with Gasteiger partial charge in [-0.15, -0.1) is 0 Å². The molecule has 4 heterocycles. The number of rotatable bonds is 3. The molecule has 3 aromatic rings. The molecule has 1 fully saturated rings. The van der Waals surface area contributed by atoms with Crippen molar-refractivity contribution in [2.45, 2.75) is 58.7 Å². The van der Waals surface area contributed by atoms with Gasteiger partial charge in [-0.3, -0.25) is 0 Å². The number of carbonyl (C=O) groups is 1. The molecule has 0 aromatic carbocycles. The third kappa shape index (κ3) is 4.76. The van der Waals surface area contributed by atoms with Crippen LogP contribution in [0.1, 0.15) is 52.2 Å². The molecule has 1 aliphatic rings. The Bertz CT molecular complexity index is 1290.